The molecule has 4 heterocycles. The monoisotopic (exact) mass is 1080 g/mol. The number of benzene rings is 1. The maximum absolute atomic E-state index is 13.5. The van der Waals surface area contributed by atoms with Gasteiger partial charge in [0.2, 0.25) is 17.8 Å². The van der Waals surface area contributed by atoms with Gasteiger partial charge in [0.05, 0.1) is 0 Å². The number of hydrogen-bond donors (Lipinski definition) is 2. The summed E-state index contributed by atoms with van der Waals surface area (Å²) in [5.74, 6) is -4.76. The summed E-state index contributed by atoms with van der Waals surface area (Å²) in [5, 5.41) is 15.2. The molecule has 0 bridgehead atoms. The molecule has 0 radical (unpaired) electrons. The predicted molar refractivity (Wildman–Crippen MR) is 263 cm³/mol. The molecule has 0 unspecified atom stereocenters. The molecule has 1 aromatic carbocycles. The quantitative estimate of drug-likeness (QED) is 0.0578. The van der Waals surface area contributed by atoms with E-state index in [0.717, 1.165) is 38.2 Å². The number of rotatable bonds is 16. The third kappa shape index (κ3) is 16.6. The van der Waals surface area contributed by atoms with Crippen molar-refractivity contribution >= 4 is 90.2 Å². The first-order valence-corrected chi connectivity index (χ1v) is 33.3. The average Bonchev–Trinajstić information content (AvgIpc) is 4.01. The molecule has 2 saturated carbocycles. The van der Waals surface area contributed by atoms with Crippen LogP contribution >= 0.6 is 57.2 Å². The molecular formula is C46H63Cl2F4N7S3Sn. The van der Waals surface area contributed by atoms with Crippen molar-refractivity contribution in [3.05, 3.63) is 67.8 Å². The standard InChI is InChI=1S/C20H21F2N3S2.C10H11Cl2F2N3.C4H4NS.3C4H9.Sn/c1-12-10-26-18(23-12)14-7-15(19-24-13(2)11-27-19)9-17(8-14)25-16-3-5-20(21,22)6-4-16;11-7-5-8(12)17-9(16-7)15-6-1-3-10(13,14)4-2-6;1-4-2-6-3-5-4;3*1-3-4-2;/h7-11,16,25H,3-6H2,1-2H3;5-6H,1-4H2,(H,15,16,17);2H,1H3;3*1,3-4H2,2H3;. The molecule has 0 aliphatic heterocycles. The Labute approximate surface area is 398 Å². The Bertz CT molecular complexity index is 2050. The fraction of sp³-hybridized carbons (Fsp3) is 0.587. The van der Waals surface area contributed by atoms with Gasteiger partial charge in [0, 0.05) is 82.8 Å². The van der Waals surface area contributed by atoms with Crippen LogP contribution in [0, 0.1) is 20.8 Å². The van der Waals surface area contributed by atoms with Crippen molar-refractivity contribution in [2.24, 2.45) is 0 Å². The molecule has 346 valence electrons. The number of hydrogen-bond acceptors (Lipinski definition) is 10. The predicted octanol–water partition coefficient (Wildman–Crippen LogP) is 15.8. The van der Waals surface area contributed by atoms with Crippen LogP contribution in [0.3, 0.4) is 0 Å². The van der Waals surface area contributed by atoms with Gasteiger partial charge in [-0.25, -0.2) is 37.5 Å². The second-order valence-electron chi connectivity index (χ2n) is 17.2. The van der Waals surface area contributed by atoms with Crippen LogP contribution in [0.2, 0.25) is 23.6 Å². The number of aryl methyl sites for hydroxylation is 3. The van der Waals surface area contributed by atoms with Crippen LogP contribution in [0.1, 0.15) is 128 Å². The van der Waals surface area contributed by atoms with E-state index in [2.05, 4.69) is 81.8 Å². The van der Waals surface area contributed by atoms with E-state index in [1.54, 1.807) is 25.7 Å². The van der Waals surface area contributed by atoms with Crippen molar-refractivity contribution in [2.45, 2.75) is 169 Å². The fourth-order valence-electron chi connectivity index (χ4n) is 8.01. The van der Waals surface area contributed by atoms with Gasteiger partial charge in [-0.2, -0.15) is 0 Å². The number of nitrogens with zero attached hydrogens (tertiary/aromatic N) is 5. The van der Waals surface area contributed by atoms with Gasteiger partial charge in [0.15, 0.2) is 0 Å². The Kier molecular flexibility index (Phi) is 20.3. The Morgan fingerprint density at radius 3 is 1.38 bits per heavy atom. The fourth-order valence-corrected chi connectivity index (χ4v) is 29.5. The van der Waals surface area contributed by atoms with Crippen LogP contribution in [-0.2, 0) is 0 Å². The molecule has 2 fully saturated rings. The Morgan fingerprint density at radius 1 is 0.587 bits per heavy atom. The van der Waals surface area contributed by atoms with Gasteiger partial charge in [0.25, 0.3) is 0 Å². The topological polar surface area (TPSA) is 88.5 Å². The van der Waals surface area contributed by atoms with E-state index < -0.39 is 30.2 Å². The molecule has 0 amide bonds. The van der Waals surface area contributed by atoms with Gasteiger partial charge >= 0.3 is 128 Å². The summed E-state index contributed by atoms with van der Waals surface area (Å²) in [5.41, 5.74) is 6.25. The minimum absolute atomic E-state index is 0.0471. The van der Waals surface area contributed by atoms with E-state index in [4.69, 9.17) is 28.2 Å². The number of thiazole rings is 3. The van der Waals surface area contributed by atoms with E-state index in [1.165, 1.54) is 63.6 Å². The van der Waals surface area contributed by atoms with Crippen molar-refractivity contribution in [3.8, 4) is 21.1 Å². The van der Waals surface area contributed by atoms with Gasteiger partial charge in [0.1, 0.15) is 20.3 Å². The van der Waals surface area contributed by atoms with Crippen molar-refractivity contribution in [2.75, 3.05) is 10.6 Å². The van der Waals surface area contributed by atoms with E-state index in [9.17, 15) is 17.6 Å². The minimum Gasteiger partial charge on any atom is -0.382 e. The van der Waals surface area contributed by atoms with Crippen LogP contribution in [0.25, 0.3) is 21.1 Å². The summed E-state index contributed by atoms with van der Waals surface area (Å²) in [6, 6.07) is 7.68. The van der Waals surface area contributed by atoms with Crippen molar-refractivity contribution in [1.29, 1.82) is 0 Å². The first-order chi connectivity index (χ1) is 30.0. The maximum atomic E-state index is 13.5. The zero-order valence-electron chi connectivity index (χ0n) is 37.4. The average molecular weight is 1080 g/mol. The third-order valence-corrected chi connectivity index (χ3v) is 32.8. The zero-order valence-corrected chi connectivity index (χ0v) is 44.3. The molecule has 4 aromatic heterocycles. The largest absolute Gasteiger partial charge is 0.382 e. The minimum atomic E-state index is -2.54. The first kappa shape index (κ1) is 51.9. The molecule has 0 spiro atoms. The second-order valence-corrected chi connectivity index (χ2v) is 34.5. The van der Waals surface area contributed by atoms with Crippen molar-refractivity contribution in [1.82, 2.24) is 24.9 Å². The van der Waals surface area contributed by atoms with E-state index >= 15 is 0 Å². The summed E-state index contributed by atoms with van der Waals surface area (Å²) >= 11 is 14.5. The second kappa shape index (κ2) is 24.6. The number of alkyl halides is 4. The Balaban J connectivity index is 0.000000185. The molecule has 17 heteroatoms. The molecule has 7 nitrogen and oxygen atoms in total. The molecule has 0 atom stereocenters. The number of unbranched alkanes of at least 4 members (excludes halogenated alkanes) is 3. The van der Waals surface area contributed by atoms with E-state index in [1.807, 2.05) is 35.9 Å². The smallest absolute Gasteiger partial charge is 0.248 e. The van der Waals surface area contributed by atoms with Gasteiger partial charge in [-0.05, 0) is 57.7 Å². The molecule has 2 aliphatic rings. The molecule has 2 aliphatic carbocycles. The van der Waals surface area contributed by atoms with Crippen molar-refractivity contribution < 1.29 is 17.6 Å². The normalized spacial score (nSPS) is 16.4. The van der Waals surface area contributed by atoms with Crippen LogP contribution in [0.4, 0.5) is 29.2 Å². The Morgan fingerprint density at radius 2 is 1.00 bits per heavy atom. The summed E-state index contributed by atoms with van der Waals surface area (Å²) in [7, 11) is 0. The van der Waals surface area contributed by atoms with E-state index in [-0.39, 0.29) is 54.0 Å². The summed E-state index contributed by atoms with van der Waals surface area (Å²) in [6.45, 7) is 13.1. The van der Waals surface area contributed by atoms with E-state index in [0.29, 0.717) is 25.7 Å². The number of nitrogens with one attached hydrogen (secondary N) is 2. The molecule has 7 rings (SSSR count). The van der Waals surface area contributed by atoms with Gasteiger partial charge in [-0.1, -0.05) is 23.2 Å². The SMILES string of the molecule is CCC[CH2][Sn]([CH2]CCC)([CH2]CCC)[c]1nc(C)cs1.Cc1csc(-c2cc(NC3CCC(F)(F)CC3)cc(-c3nc(C)cs3)c2)n1.FC1(F)CCC(Nc2nc(Cl)cc(Cl)n2)CC1. The van der Waals surface area contributed by atoms with Crippen LogP contribution in [-0.4, -0.2) is 67.2 Å². The summed E-state index contributed by atoms with van der Waals surface area (Å²) in [4.78, 5) is 22.0. The molecule has 63 heavy (non-hydrogen) atoms. The maximum Gasteiger partial charge on any atom is 0.248 e. The molecular weight excluding hydrogens is 1010 g/mol. The van der Waals surface area contributed by atoms with Gasteiger partial charge in [-0.3, -0.25) is 0 Å². The zero-order chi connectivity index (χ0) is 45.6. The molecule has 2 N–H and O–H groups in total. The third-order valence-electron chi connectivity index (χ3n) is 11.6. The van der Waals surface area contributed by atoms with Crippen molar-refractivity contribution in [3.63, 3.8) is 0 Å². The van der Waals surface area contributed by atoms with Gasteiger partial charge < -0.3 is 10.6 Å². The first-order valence-electron chi connectivity index (χ1n) is 22.4. The van der Waals surface area contributed by atoms with Gasteiger partial charge in [-0.15, -0.1) is 22.7 Å². The number of aromatic nitrogens is 5. The number of anilines is 2. The Hall–Kier alpha value is -2.11. The summed E-state index contributed by atoms with van der Waals surface area (Å²) < 4.78 is 59.0. The van der Waals surface area contributed by atoms with Crippen LogP contribution in [0.5, 0.6) is 0 Å². The summed E-state index contributed by atoms with van der Waals surface area (Å²) in [6.07, 6.45) is 9.77. The number of halogens is 6. The van der Waals surface area contributed by atoms with Crippen LogP contribution in [0.15, 0.2) is 40.4 Å². The molecule has 5 aromatic rings. The molecule has 0 saturated heterocycles. The van der Waals surface area contributed by atoms with Crippen LogP contribution < -0.4 is 13.7 Å².